The number of rotatable bonds is 4. The van der Waals surface area contributed by atoms with Crippen LogP contribution >= 0.6 is 0 Å². The lowest BCUT2D eigenvalue weighted by Crippen LogP contribution is -2.30. The molecule has 0 aliphatic rings. The average Bonchev–Trinajstić information content (AvgIpc) is 2.28. The highest BCUT2D eigenvalue weighted by Crippen LogP contribution is 2.19. The molecule has 0 saturated heterocycles. The van der Waals surface area contributed by atoms with Gasteiger partial charge in [0, 0.05) is 5.54 Å². The molecule has 0 spiro atoms. The Bertz CT molecular complexity index is 506. The Labute approximate surface area is 102 Å². The molecule has 3 heteroatoms. The minimum atomic E-state index is 0.0614. The first-order chi connectivity index (χ1) is 8.11. The number of nitrogens with zero attached hydrogens (tertiary/aromatic N) is 2. The zero-order valence-corrected chi connectivity index (χ0v) is 10.7. The molecular formula is C14H19N3. The third kappa shape index (κ3) is 2.93. The summed E-state index contributed by atoms with van der Waals surface area (Å²) in [4.78, 5) is 8.97. The number of nitrogens with one attached hydrogen (secondary N) is 1. The third-order valence-corrected chi connectivity index (χ3v) is 2.79. The number of fused-ring (bicyclic) bond motifs is 1. The molecule has 1 heterocycles. The SMILES string of the molecule is CCCC(C)(C)Nc1cnc2ccccc2n1. The van der Waals surface area contributed by atoms with Gasteiger partial charge in [0.2, 0.25) is 0 Å². The fraction of sp³-hybridized carbons (Fsp3) is 0.429. The van der Waals surface area contributed by atoms with Crippen LogP contribution in [0.25, 0.3) is 11.0 Å². The molecule has 1 N–H and O–H groups in total. The maximum Gasteiger partial charge on any atom is 0.145 e. The number of hydrogen-bond donors (Lipinski definition) is 1. The van der Waals surface area contributed by atoms with E-state index < -0.39 is 0 Å². The van der Waals surface area contributed by atoms with Crippen molar-refractivity contribution >= 4 is 16.9 Å². The molecule has 0 atom stereocenters. The highest BCUT2D eigenvalue weighted by molar-refractivity contribution is 5.75. The maximum absolute atomic E-state index is 4.57. The third-order valence-electron chi connectivity index (χ3n) is 2.79. The summed E-state index contributed by atoms with van der Waals surface area (Å²) >= 11 is 0. The molecule has 0 radical (unpaired) electrons. The number of anilines is 1. The van der Waals surface area contributed by atoms with Gasteiger partial charge < -0.3 is 5.32 Å². The summed E-state index contributed by atoms with van der Waals surface area (Å²) in [5, 5.41) is 3.44. The predicted octanol–water partition coefficient (Wildman–Crippen LogP) is 3.62. The molecule has 1 aromatic heterocycles. The second kappa shape index (κ2) is 4.70. The summed E-state index contributed by atoms with van der Waals surface area (Å²) in [5.41, 5.74) is 1.93. The highest BCUT2D eigenvalue weighted by atomic mass is 15.1. The van der Waals surface area contributed by atoms with Gasteiger partial charge in [-0.15, -0.1) is 0 Å². The Hall–Kier alpha value is -1.64. The van der Waals surface area contributed by atoms with Gasteiger partial charge in [0.1, 0.15) is 5.82 Å². The molecule has 0 saturated carbocycles. The first-order valence-electron chi connectivity index (χ1n) is 6.11. The minimum Gasteiger partial charge on any atom is -0.364 e. The van der Waals surface area contributed by atoms with E-state index in [1.165, 1.54) is 0 Å². The van der Waals surface area contributed by atoms with E-state index in [0.29, 0.717) is 0 Å². The zero-order valence-electron chi connectivity index (χ0n) is 10.7. The van der Waals surface area contributed by atoms with Gasteiger partial charge in [-0.25, -0.2) is 4.98 Å². The van der Waals surface area contributed by atoms with E-state index >= 15 is 0 Å². The summed E-state index contributed by atoms with van der Waals surface area (Å²) in [7, 11) is 0. The molecule has 3 nitrogen and oxygen atoms in total. The molecule has 90 valence electrons. The Balaban J connectivity index is 2.25. The molecule has 0 aliphatic carbocycles. The highest BCUT2D eigenvalue weighted by Gasteiger charge is 2.16. The number of aromatic nitrogens is 2. The molecular weight excluding hydrogens is 210 g/mol. The van der Waals surface area contributed by atoms with Crippen LogP contribution in [-0.2, 0) is 0 Å². The van der Waals surface area contributed by atoms with Crippen LogP contribution in [0.3, 0.4) is 0 Å². The van der Waals surface area contributed by atoms with Gasteiger partial charge in [-0.05, 0) is 32.4 Å². The van der Waals surface area contributed by atoms with E-state index in [2.05, 4.69) is 36.1 Å². The van der Waals surface area contributed by atoms with Crippen molar-refractivity contribution in [2.75, 3.05) is 5.32 Å². The molecule has 2 rings (SSSR count). The zero-order chi connectivity index (χ0) is 12.3. The van der Waals surface area contributed by atoms with Crippen LogP contribution in [0, 0.1) is 0 Å². The van der Waals surface area contributed by atoms with E-state index in [-0.39, 0.29) is 5.54 Å². The monoisotopic (exact) mass is 229 g/mol. The molecule has 0 amide bonds. The lowest BCUT2D eigenvalue weighted by atomic mass is 9.99. The molecule has 1 aromatic carbocycles. The fourth-order valence-corrected chi connectivity index (χ4v) is 2.05. The van der Waals surface area contributed by atoms with Crippen molar-refractivity contribution in [3.63, 3.8) is 0 Å². The van der Waals surface area contributed by atoms with Gasteiger partial charge in [-0.1, -0.05) is 25.5 Å². The van der Waals surface area contributed by atoms with E-state index in [1.807, 2.05) is 24.3 Å². The normalized spacial score (nSPS) is 11.7. The molecule has 0 unspecified atom stereocenters. The molecule has 0 bridgehead atoms. The Morgan fingerprint density at radius 1 is 1.18 bits per heavy atom. The van der Waals surface area contributed by atoms with Crippen LogP contribution < -0.4 is 5.32 Å². The quantitative estimate of drug-likeness (QED) is 0.870. The minimum absolute atomic E-state index is 0.0614. The summed E-state index contributed by atoms with van der Waals surface area (Å²) in [6.45, 7) is 6.57. The van der Waals surface area contributed by atoms with Crippen molar-refractivity contribution in [1.29, 1.82) is 0 Å². The second-order valence-electron chi connectivity index (χ2n) is 5.00. The van der Waals surface area contributed by atoms with Gasteiger partial charge in [0.05, 0.1) is 17.2 Å². The van der Waals surface area contributed by atoms with Crippen LogP contribution in [0.5, 0.6) is 0 Å². The number of para-hydroxylation sites is 2. The summed E-state index contributed by atoms with van der Waals surface area (Å²) in [6, 6.07) is 7.92. The largest absolute Gasteiger partial charge is 0.364 e. The van der Waals surface area contributed by atoms with Crippen LogP contribution in [0.4, 0.5) is 5.82 Å². The summed E-state index contributed by atoms with van der Waals surface area (Å²) in [6.07, 6.45) is 4.07. The smallest absolute Gasteiger partial charge is 0.145 e. The van der Waals surface area contributed by atoms with Gasteiger partial charge in [-0.2, -0.15) is 0 Å². The summed E-state index contributed by atoms with van der Waals surface area (Å²) in [5.74, 6) is 0.849. The topological polar surface area (TPSA) is 37.8 Å². The first-order valence-corrected chi connectivity index (χ1v) is 6.11. The lowest BCUT2D eigenvalue weighted by molar-refractivity contribution is 0.509. The van der Waals surface area contributed by atoms with Gasteiger partial charge in [0.15, 0.2) is 0 Å². The maximum atomic E-state index is 4.57. The van der Waals surface area contributed by atoms with Gasteiger partial charge >= 0.3 is 0 Å². The Kier molecular flexibility index (Phi) is 3.27. The number of benzene rings is 1. The van der Waals surface area contributed by atoms with E-state index in [4.69, 9.17) is 0 Å². The lowest BCUT2D eigenvalue weighted by Gasteiger charge is -2.26. The second-order valence-corrected chi connectivity index (χ2v) is 5.00. The summed E-state index contributed by atoms with van der Waals surface area (Å²) < 4.78 is 0. The standard InChI is InChI=1S/C14H19N3/c1-4-9-14(2,3)17-13-10-15-11-7-5-6-8-12(11)16-13/h5-8,10H,4,9H2,1-3H3,(H,16,17). The van der Waals surface area contributed by atoms with Crippen LogP contribution in [0.1, 0.15) is 33.6 Å². The van der Waals surface area contributed by atoms with E-state index in [9.17, 15) is 0 Å². The fourth-order valence-electron chi connectivity index (χ4n) is 2.05. The van der Waals surface area contributed by atoms with Crippen LogP contribution in [0.2, 0.25) is 0 Å². The van der Waals surface area contributed by atoms with Crippen molar-refractivity contribution in [3.05, 3.63) is 30.5 Å². The molecule has 0 fully saturated rings. The predicted molar refractivity (Wildman–Crippen MR) is 72.1 cm³/mol. The van der Waals surface area contributed by atoms with Crippen molar-refractivity contribution < 1.29 is 0 Å². The van der Waals surface area contributed by atoms with E-state index in [0.717, 1.165) is 29.7 Å². The Morgan fingerprint density at radius 2 is 1.88 bits per heavy atom. The van der Waals surface area contributed by atoms with E-state index in [1.54, 1.807) is 6.20 Å². The average molecular weight is 229 g/mol. The van der Waals surface area contributed by atoms with Crippen molar-refractivity contribution in [2.45, 2.75) is 39.2 Å². The molecule has 2 aromatic rings. The molecule has 17 heavy (non-hydrogen) atoms. The van der Waals surface area contributed by atoms with Gasteiger partial charge in [0.25, 0.3) is 0 Å². The number of hydrogen-bond acceptors (Lipinski definition) is 3. The van der Waals surface area contributed by atoms with Crippen molar-refractivity contribution in [2.24, 2.45) is 0 Å². The van der Waals surface area contributed by atoms with Gasteiger partial charge in [-0.3, -0.25) is 4.98 Å². The van der Waals surface area contributed by atoms with Crippen LogP contribution in [0.15, 0.2) is 30.5 Å². The first kappa shape index (κ1) is 11.8. The molecule has 0 aliphatic heterocycles. The Morgan fingerprint density at radius 3 is 2.59 bits per heavy atom. The van der Waals surface area contributed by atoms with Crippen molar-refractivity contribution in [1.82, 2.24) is 9.97 Å². The van der Waals surface area contributed by atoms with Crippen LogP contribution in [-0.4, -0.2) is 15.5 Å². The van der Waals surface area contributed by atoms with Crippen molar-refractivity contribution in [3.8, 4) is 0 Å².